The molecule has 0 fully saturated rings. The summed E-state index contributed by atoms with van der Waals surface area (Å²) in [6.45, 7) is 11.9. The van der Waals surface area contributed by atoms with E-state index in [-0.39, 0.29) is 31.4 Å². The average molecular weight is 520 g/mol. The van der Waals surface area contributed by atoms with E-state index in [0.717, 1.165) is 12.5 Å². The Labute approximate surface area is 201 Å². The van der Waals surface area contributed by atoms with Crippen LogP contribution in [0.3, 0.4) is 0 Å². The molecule has 2 aliphatic carbocycles. The van der Waals surface area contributed by atoms with Crippen LogP contribution in [0, 0.1) is 17.4 Å². The van der Waals surface area contributed by atoms with Gasteiger partial charge in [0.1, 0.15) is 0 Å². The van der Waals surface area contributed by atoms with Crippen LogP contribution in [0.15, 0.2) is 42.5 Å². The number of hydrogen-bond donors (Lipinski definition) is 1. The number of fused-ring (bicyclic) bond motifs is 2. The molecule has 0 bridgehead atoms. The maximum Gasteiger partial charge on any atom is -1.00 e. The van der Waals surface area contributed by atoms with Crippen molar-refractivity contribution in [3.63, 3.8) is 0 Å². The molecule has 4 rings (SSSR count). The van der Waals surface area contributed by atoms with Crippen LogP contribution in [0.1, 0.15) is 23.1 Å². The number of benzene rings is 2. The van der Waals surface area contributed by atoms with Crippen LogP contribution in [0.2, 0.25) is 19.1 Å². The summed E-state index contributed by atoms with van der Waals surface area (Å²) in [5.74, 6) is 0. The van der Waals surface area contributed by atoms with Crippen LogP contribution >= 0.6 is 0 Å². The van der Waals surface area contributed by atoms with E-state index in [1.165, 1.54) is 76.3 Å². The monoisotopic (exact) mass is 517 g/mol. The van der Waals surface area contributed by atoms with E-state index in [1.54, 1.807) is 0 Å². The van der Waals surface area contributed by atoms with E-state index in [9.17, 15) is 5.11 Å². The van der Waals surface area contributed by atoms with Gasteiger partial charge >= 0.3 is 178 Å². The van der Waals surface area contributed by atoms with E-state index in [1.807, 2.05) is 0 Å². The summed E-state index contributed by atoms with van der Waals surface area (Å²) in [6.07, 6.45) is 7.65. The Morgan fingerprint density at radius 3 is 2.34 bits per heavy atom. The van der Waals surface area contributed by atoms with Gasteiger partial charge < -0.3 is 24.8 Å². The number of aliphatic hydroxyl groups is 1. The van der Waals surface area contributed by atoms with Gasteiger partial charge in [0.15, 0.2) is 0 Å². The molecule has 5 heteroatoms. The molecule has 1 nitrogen and oxygen atoms in total. The van der Waals surface area contributed by atoms with Crippen molar-refractivity contribution in [1.29, 1.82) is 0 Å². The molecule has 0 amide bonds. The minimum Gasteiger partial charge on any atom is -1.00 e. The van der Waals surface area contributed by atoms with Crippen LogP contribution in [0.4, 0.5) is 0 Å². The number of allylic oxidation sites excluding steroid dienone is 4. The minimum absolute atomic E-state index is 0. The van der Waals surface area contributed by atoms with Gasteiger partial charge in [0.2, 0.25) is 0 Å². The molecule has 0 saturated heterocycles. The summed E-state index contributed by atoms with van der Waals surface area (Å²) >= 11 is 1.45. The molecule has 149 valence electrons. The Hall–Kier alpha value is -0.700. The van der Waals surface area contributed by atoms with Crippen LogP contribution in [0.5, 0.6) is 0 Å². The third-order valence-electron chi connectivity index (χ3n) is 6.10. The van der Waals surface area contributed by atoms with Gasteiger partial charge in [0.05, 0.1) is 0 Å². The zero-order chi connectivity index (χ0) is 19.3. The van der Waals surface area contributed by atoms with E-state index >= 15 is 0 Å². The second-order valence-corrected chi connectivity index (χ2v) is 14.2. The van der Waals surface area contributed by atoms with Crippen molar-refractivity contribution in [2.45, 2.75) is 32.5 Å². The smallest absolute Gasteiger partial charge is 1.00 e. The van der Waals surface area contributed by atoms with E-state index in [2.05, 4.69) is 69.1 Å². The Bertz CT molecular complexity index is 1230. The molecular weight excluding hydrogens is 494 g/mol. The molecule has 0 aromatic heterocycles. The average Bonchev–Trinajstić information content (AvgIpc) is 3.25. The van der Waals surface area contributed by atoms with Crippen molar-refractivity contribution in [2.75, 3.05) is 6.61 Å². The van der Waals surface area contributed by atoms with E-state index < -0.39 is 8.07 Å². The molecule has 0 radical (unpaired) electrons. The first-order valence-corrected chi connectivity index (χ1v) is 14.0. The fourth-order valence-corrected chi connectivity index (χ4v) is 8.80. The third-order valence-corrected chi connectivity index (χ3v) is 10.8. The van der Waals surface area contributed by atoms with Gasteiger partial charge in [-0.1, -0.05) is 0 Å². The summed E-state index contributed by atoms with van der Waals surface area (Å²) in [4.78, 5) is 0. The first kappa shape index (κ1) is 24.6. The molecule has 2 aromatic rings. The maximum atomic E-state index is 9.75. The number of hydrogen-bond acceptors (Lipinski definition) is 1. The summed E-state index contributed by atoms with van der Waals surface area (Å²) < 4.78 is 1.45. The van der Waals surface area contributed by atoms with Gasteiger partial charge in [0, 0.05) is 0 Å². The van der Waals surface area contributed by atoms with Gasteiger partial charge in [-0.05, 0) is 0 Å². The molecule has 29 heavy (non-hydrogen) atoms. The molecule has 0 heterocycles. The molecular formula is C24H25Cl2OSiZr. The van der Waals surface area contributed by atoms with Crippen LogP contribution in [-0.4, -0.2) is 19.8 Å². The van der Waals surface area contributed by atoms with E-state index in [4.69, 9.17) is 0 Å². The molecule has 2 aliphatic rings. The number of halogens is 2. The summed E-state index contributed by atoms with van der Waals surface area (Å²) in [5, 5.41) is 16.6. The molecule has 0 saturated carbocycles. The first-order chi connectivity index (χ1) is 12.9. The Kier molecular flexibility index (Phi) is 7.80. The quantitative estimate of drug-likeness (QED) is 0.427. The normalized spacial score (nSPS) is 14.1. The molecule has 0 unspecified atom stereocenters. The van der Waals surface area contributed by atoms with Crippen molar-refractivity contribution in [3.05, 3.63) is 80.1 Å². The van der Waals surface area contributed by atoms with Gasteiger partial charge in [-0.15, -0.1) is 0 Å². The fraction of sp³-hybridized carbons (Fsp3) is 0.250. The van der Waals surface area contributed by atoms with Crippen LogP contribution in [0.25, 0.3) is 15.4 Å². The van der Waals surface area contributed by atoms with Gasteiger partial charge in [-0.2, -0.15) is 0 Å². The first-order valence-electron chi connectivity index (χ1n) is 9.57. The Morgan fingerprint density at radius 1 is 1.10 bits per heavy atom. The standard InChI is InChI=1S/C24H25OSi.2ClH.Zr/c1-16-17(2)24(26(3,4)14-13-25)23-20-12-8-7-11-19(20)15-21(23)22(16)18-9-5-6-10-18;;;/h5-9,11-12,25H,1,10,13-14H2,2-4H3;2*1H;/q;;;+2/p-2. The molecule has 0 atom stereocenters. The number of rotatable bonds is 4. The van der Waals surface area contributed by atoms with Crippen LogP contribution < -0.4 is 40.4 Å². The summed E-state index contributed by atoms with van der Waals surface area (Å²) in [5.41, 5.74) is 5.50. The second-order valence-electron chi connectivity index (χ2n) is 8.21. The topological polar surface area (TPSA) is 20.2 Å². The van der Waals surface area contributed by atoms with Crippen molar-refractivity contribution in [3.8, 4) is 0 Å². The zero-order valence-corrected chi connectivity index (χ0v) is 22.0. The van der Waals surface area contributed by atoms with Crippen molar-refractivity contribution < 1.29 is 54.6 Å². The van der Waals surface area contributed by atoms with Gasteiger partial charge in [-0.3, -0.25) is 0 Å². The van der Waals surface area contributed by atoms with Crippen LogP contribution in [-0.2, 0) is 24.7 Å². The Morgan fingerprint density at radius 2 is 1.76 bits per heavy atom. The zero-order valence-electron chi connectivity index (χ0n) is 17.1. The largest absolute Gasteiger partial charge is 1.00 e. The van der Waals surface area contributed by atoms with Crippen molar-refractivity contribution >= 4 is 28.7 Å². The van der Waals surface area contributed by atoms with Crippen molar-refractivity contribution in [1.82, 2.24) is 0 Å². The van der Waals surface area contributed by atoms with Gasteiger partial charge in [-0.25, -0.2) is 0 Å². The Balaban J connectivity index is 0.00000150. The van der Waals surface area contributed by atoms with Crippen molar-refractivity contribution in [2.24, 2.45) is 0 Å². The molecule has 1 N–H and O–H groups in total. The molecule has 0 spiro atoms. The SMILES string of the molecule is C=c1c(C)c([Si](C)(C)CCO)c2c(c1C1=CC=CC1)[C]([Zr+2])=c1ccccc1=2.[Cl-].[Cl-]. The maximum absolute atomic E-state index is 9.75. The predicted octanol–water partition coefficient (Wildman–Crippen LogP) is -3.03. The minimum atomic E-state index is -1.80. The second kappa shape index (κ2) is 9.20. The molecule has 0 aliphatic heterocycles. The third kappa shape index (κ3) is 3.86. The fourth-order valence-electron chi connectivity index (χ4n) is 4.74. The summed E-state index contributed by atoms with van der Waals surface area (Å²) in [7, 11) is -1.80. The number of aliphatic hydroxyl groups excluding tert-OH is 1. The molecule has 2 aromatic carbocycles. The summed E-state index contributed by atoms with van der Waals surface area (Å²) in [6, 6.07) is 9.75. The van der Waals surface area contributed by atoms with Gasteiger partial charge in [0.25, 0.3) is 0 Å². The van der Waals surface area contributed by atoms with E-state index in [0.29, 0.717) is 0 Å². The predicted molar refractivity (Wildman–Crippen MR) is 113 cm³/mol.